The van der Waals surface area contributed by atoms with Gasteiger partial charge in [0.25, 0.3) is 0 Å². The molecule has 0 aliphatic carbocycles. The minimum absolute atomic E-state index is 0.180. The minimum Gasteiger partial charge on any atom is -0.256 e. The molecule has 1 nitrogen and oxygen atoms in total. The van der Waals surface area contributed by atoms with Gasteiger partial charge >= 0.3 is 0 Å². The maximum Gasteiger partial charge on any atom is 0.132 e. The molecule has 1 heterocycles. The van der Waals surface area contributed by atoms with Crippen LogP contribution < -0.4 is 0 Å². The van der Waals surface area contributed by atoms with Crippen molar-refractivity contribution < 1.29 is 4.39 Å². The molecule has 0 bridgehead atoms. The molecule has 3 aromatic rings. The highest BCUT2D eigenvalue weighted by atomic mass is 19.1. The van der Waals surface area contributed by atoms with Crippen molar-refractivity contribution in [1.82, 2.24) is 4.98 Å². The molecule has 0 atom stereocenters. The van der Waals surface area contributed by atoms with Crippen molar-refractivity contribution in [3.63, 3.8) is 0 Å². The second kappa shape index (κ2) is 12.4. The van der Waals surface area contributed by atoms with Crippen LogP contribution in [-0.2, 0) is 12.8 Å². The zero-order valence-corrected chi connectivity index (χ0v) is 19.2. The Balaban J connectivity index is 1.62. The van der Waals surface area contributed by atoms with E-state index in [1.165, 1.54) is 50.5 Å². The van der Waals surface area contributed by atoms with Crippen LogP contribution in [0.2, 0.25) is 0 Å². The second-order valence-corrected chi connectivity index (χ2v) is 8.56. The molecule has 0 unspecified atom stereocenters. The van der Waals surface area contributed by atoms with E-state index in [1.54, 1.807) is 6.07 Å². The normalized spacial score (nSPS) is 11.1. The standard InChI is InChI=1S/C29H36FN/c1-3-5-7-9-11-23-13-16-25(17-14-23)26-18-20-29(31-22-26)27-19-15-24(21-28(27)30)12-10-8-6-4-2/h13-22H,3-12H2,1-2H3. The summed E-state index contributed by atoms with van der Waals surface area (Å²) in [5, 5.41) is 0. The van der Waals surface area contributed by atoms with Gasteiger partial charge in [0.2, 0.25) is 0 Å². The van der Waals surface area contributed by atoms with Crippen LogP contribution in [0.1, 0.15) is 76.3 Å². The number of aromatic nitrogens is 1. The lowest BCUT2D eigenvalue weighted by atomic mass is 10.0. The zero-order chi connectivity index (χ0) is 21.9. The van der Waals surface area contributed by atoms with E-state index in [0.29, 0.717) is 11.3 Å². The van der Waals surface area contributed by atoms with E-state index in [-0.39, 0.29) is 5.82 Å². The number of nitrogens with zero attached hydrogens (tertiary/aromatic N) is 1. The van der Waals surface area contributed by atoms with E-state index < -0.39 is 0 Å². The summed E-state index contributed by atoms with van der Waals surface area (Å²) in [6.07, 6.45) is 13.9. The van der Waals surface area contributed by atoms with Gasteiger partial charge in [0.1, 0.15) is 5.82 Å². The van der Waals surface area contributed by atoms with E-state index in [0.717, 1.165) is 36.0 Å². The van der Waals surface area contributed by atoms with Crippen molar-refractivity contribution >= 4 is 0 Å². The third-order valence-corrected chi connectivity index (χ3v) is 6.00. The molecule has 3 rings (SSSR count). The largest absolute Gasteiger partial charge is 0.256 e. The first-order chi connectivity index (χ1) is 15.2. The number of halogens is 1. The summed E-state index contributed by atoms with van der Waals surface area (Å²) in [6.45, 7) is 4.45. The number of rotatable bonds is 12. The molecule has 2 aromatic carbocycles. The fourth-order valence-corrected chi connectivity index (χ4v) is 4.02. The number of unbranched alkanes of at least 4 members (excludes halogenated alkanes) is 6. The third kappa shape index (κ3) is 7.02. The van der Waals surface area contributed by atoms with Gasteiger partial charge in [-0.05, 0) is 60.6 Å². The van der Waals surface area contributed by atoms with Crippen LogP contribution >= 0.6 is 0 Å². The maximum absolute atomic E-state index is 14.7. The average Bonchev–Trinajstić information content (AvgIpc) is 2.80. The van der Waals surface area contributed by atoms with Gasteiger partial charge in [0.05, 0.1) is 5.69 Å². The van der Waals surface area contributed by atoms with Crippen LogP contribution in [0.5, 0.6) is 0 Å². The first-order valence-electron chi connectivity index (χ1n) is 12.1. The molecular formula is C29H36FN. The first-order valence-corrected chi connectivity index (χ1v) is 12.1. The van der Waals surface area contributed by atoms with Crippen molar-refractivity contribution in [1.29, 1.82) is 0 Å². The molecule has 0 N–H and O–H groups in total. The van der Waals surface area contributed by atoms with Crippen LogP contribution in [0, 0.1) is 5.82 Å². The average molecular weight is 418 g/mol. The maximum atomic E-state index is 14.7. The predicted octanol–water partition coefficient (Wildman–Crippen LogP) is 8.80. The Bertz CT molecular complexity index is 912. The summed E-state index contributed by atoms with van der Waals surface area (Å²) in [5.74, 6) is -0.180. The van der Waals surface area contributed by atoms with Gasteiger partial charge in [-0.1, -0.05) is 88.8 Å². The molecule has 0 amide bonds. The smallest absolute Gasteiger partial charge is 0.132 e. The third-order valence-electron chi connectivity index (χ3n) is 6.00. The van der Waals surface area contributed by atoms with Gasteiger partial charge in [-0.15, -0.1) is 0 Å². The highest BCUT2D eigenvalue weighted by Crippen LogP contribution is 2.26. The van der Waals surface area contributed by atoms with Crippen molar-refractivity contribution in [2.24, 2.45) is 0 Å². The first kappa shape index (κ1) is 23.2. The summed E-state index contributed by atoms with van der Waals surface area (Å²) in [5.41, 5.74) is 5.94. The highest BCUT2D eigenvalue weighted by molar-refractivity contribution is 5.67. The molecular weight excluding hydrogens is 381 g/mol. The van der Waals surface area contributed by atoms with Gasteiger partial charge in [-0.3, -0.25) is 4.98 Å². The van der Waals surface area contributed by atoms with Crippen LogP contribution in [-0.4, -0.2) is 4.98 Å². The monoisotopic (exact) mass is 417 g/mol. The van der Waals surface area contributed by atoms with E-state index >= 15 is 0 Å². The van der Waals surface area contributed by atoms with E-state index in [1.807, 2.05) is 30.5 Å². The van der Waals surface area contributed by atoms with Crippen molar-refractivity contribution in [2.75, 3.05) is 0 Å². The van der Waals surface area contributed by atoms with Gasteiger partial charge in [-0.2, -0.15) is 0 Å². The number of benzene rings is 2. The minimum atomic E-state index is -0.180. The van der Waals surface area contributed by atoms with Gasteiger partial charge in [0.15, 0.2) is 0 Å². The molecule has 0 radical (unpaired) electrons. The van der Waals surface area contributed by atoms with Crippen molar-refractivity contribution in [2.45, 2.75) is 78.1 Å². The molecule has 164 valence electrons. The Hall–Kier alpha value is -2.48. The van der Waals surface area contributed by atoms with Crippen LogP contribution in [0.3, 0.4) is 0 Å². The quantitative estimate of drug-likeness (QED) is 0.268. The SMILES string of the molecule is CCCCCCc1ccc(-c2ccc(-c3ccc(CCCCCC)cc3F)nc2)cc1. The molecule has 1 aromatic heterocycles. The highest BCUT2D eigenvalue weighted by Gasteiger charge is 2.08. The number of aryl methyl sites for hydroxylation is 2. The zero-order valence-electron chi connectivity index (χ0n) is 19.2. The predicted molar refractivity (Wildman–Crippen MR) is 131 cm³/mol. The Labute approximate surface area is 187 Å². The lowest BCUT2D eigenvalue weighted by molar-refractivity contribution is 0.624. The molecule has 31 heavy (non-hydrogen) atoms. The van der Waals surface area contributed by atoms with E-state index in [4.69, 9.17) is 0 Å². The second-order valence-electron chi connectivity index (χ2n) is 8.56. The molecule has 0 fully saturated rings. The summed E-state index contributed by atoms with van der Waals surface area (Å²) >= 11 is 0. The Morgan fingerprint density at radius 3 is 1.84 bits per heavy atom. The molecule has 0 aliphatic heterocycles. The molecule has 0 saturated carbocycles. The van der Waals surface area contributed by atoms with Crippen LogP contribution in [0.25, 0.3) is 22.4 Å². The number of hydrogen-bond donors (Lipinski definition) is 0. The number of hydrogen-bond acceptors (Lipinski definition) is 1. The summed E-state index contributed by atoms with van der Waals surface area (Å²) in [4.78, 5) is 4.55. The summed E-state index contributed by atoms with van der Waals surface area (Å²) < 4.78 is 14.7. The molecule has 2 heteroatoms. The molecule has 0 aliphatic rings. The molecule has 0 spiro atoms. The van der Waals surface area contributed by atoms with E-state index in [2.05, 4.69) is 43.1 Å². The lowest BCUT2D eigenvalue weighted by Gasteiger charge is -2.08. The van der Waals surface area contributed by atoms with Crippen LogP contribution in [0.15, 0.2) is 60.8 Å². The van der Waals surface area contributed by atoms with Gasteiger partial charge in [0, 0.05) is 17.3 Å². The van der Waals surface area contributed by atoms with Crippen molar-refractivity contribution in [3.05, 3.63) is 77.7 Å². The van der Waals surface area contributed by atoms with Crippen molar-refractivity contribution in [3.8, 4) is 22.4 Å². The number of pyridine rings is 1. The topological polar surface area (TPSA) is 12.9 Å². The molecule has 0 saturated heterocycles. The summed E-state index contributed by atoms with van der Waals surface area (Å²) in [7, 11) is 0. The fraction of sp³-hybridized carbons (Fsp3) is 0.414. The summed E-state index contributed by atoms with van der Waals surface area (Å²) in [6, 6.07) is 18.3. The lowest BCUT2D eigenvalue weighted by Crippen LogP contribution is -1.93. The fourth-order valence-electron chi connectivity index (χ4n) is 4.02. The Morgan fingerprint density at radius 2 is 1.26 bits per heavy atom. The van der Waals surface area contributed by atoms with Gasteiger partial charge in [-0.25, -0.2) is 4.39 Å². The van der Waals surface area contributed by atoms with Crippen LogP contribution in [0.4, 0.5) is 4.39 Å². The Kier molecular flexibility index (Phi) is 9.27. The van der Waals surface area contributed by atoms with E-state index in [9.17, 15) is 4.39 Å². The van der Waals surface area contributed by atoms with Gasteiger partial charge < -0.3 is 0 Å². The Morgan fingerprint density at radius 1 is 0.645 bits per heavy atom.